The second-order valence-corrected chi connectivity index (χ2v) is 3.27. The van der Waals surface area contributed by atoms with Crippen LogP contribution in [0.25, 0.3) is 0 Å². The highest BCUT2D eigenvalue weighted by molar-refractivity contribution is 4.70. The Morgan fingerprint density at radius 2 is 2.18 bits per heavy atom. The van der Waals surface area contributed by atoms with Crippen LogP contribution in [0, 0.1) is 5.92 Å². The minimum atomic E-state index is -0.122. The summed E-state index contributed by atoms with van der Waals surface area (Å²) in [5.74, 6) is 0.648. The zero-order valence-electron chi connectivity index (χ0n) is 7.71. The molecule has 11 heavy (non-hydrogen) atoms. The smallest absolute Gasteiger partial charge is 0.0545 e. The van der Waals surface area contributed by atoms with Crippen LogP contribution in [-0.2, 0) is 0 Å². The van der Waals surface area contributed by atoms with E-state index in [0.29, 0.717) is 5.92 Å². The van der Waals surface area contributed by atoms with Gasteiger partial charge in [-0.05, 0) is 25.2 Å². The van der Waals surface area contributed by atoms with E-state index in [-0.39, 0.29) is 6.10 Å². The summed E-state index contributed by atoms with van der Waals surface area (Å²) in [6, 6.07) is 0. The molecular formula is C10H20O. The Labute approximate surface area is 70.1 Å². The van der Waals surface area contributed by atoms with E-state index >= 15 is 0 Å². The van der Waals surface area contributed by atoms with Crippen LogP contribution in [0.5, 0.6) is 0 Å². The highest BCUT2D eigenvalue weighted by Gasteiger charge is 2.06. The molecule has 0 saturated heterocycles. The van der Waals surface area contributed by atoms with Crippen molar-refractivity contribution in [3.63, 3.8) is 0 Å². The van der Waals surface area contributed by atoms with Gasteiger partial charge < -0.3 is 5.11 Å². The van der Waals surface area contributed by atoms with Crippen LogP contribution in [0.4, 0.5) is 0 Å². The van der Waals surface area contributed by atoms with Crippen LogP contribution in [0.3, 0.4) is 0 Å². The number of rotatable bonds is 6. The van der Waals surface area contributed by atoms with Gasteiger partial charge in [-0.25, -0.2) is 0 Å². The van der Waals surface area contributed by atoms with E-state index in [4.69, 9.17) is 0 Å². The molecule has 0 bridgehead atoms. The lowest BCUT2D eigenvalue weighted by Crippen LogP contribution is -2.10. The molecule has 0 spiro atoms. The fraction of sp³-hybridized carbons (Fsp3) is 0.800. The molecule has 1 nitrogen and oxygen atoms in total. The monoisotopic (exact) mass is 156 g/mol. The molecule has 1 heteroatoms. The van der Waals surface area contributed by atoms with Crippen molar-refractivity contribution in [2.24, 2.45) is 5.92 Å². The van der Waals surface area contributed by atoms with Crippen molar-refractivity contribution < 1.29 is 5.11 Å². The van der Waals surface area contributed by atoms with Crippen LogP contribution < -0.4 is 0 Å². The van der Waals surface area contributed by atoms with Crippen LogP contribution in [0.2, 0.25) is 0 Å². The first-order chi connectivity index (χ1) is 5.20. The first-order valence-corrected chi connectivity index (χ1v) is 4.49. The van der Waals surface area contributed by atoms with Gasteiger partial charge in [0.25, 0.3) is 0 Å². The summed E-state index contributed by atoms with van der Waals surface area (Å²) in [6.45, 7) is 7.96. The second kappa shape index (κ2) is 6.41. The lowest BCUT2D eigenvalue weighted by molar-refractivity contribution is 0.136. The maximum atomic E-state index is 9.43. The van der Waals surface area contributed by atoms with Crippen molar-refractivity contribution in [1.29, 1.82) is 0 Å². The molecule has 0 rings (SSSR count). The molecule has 0 amide bonds. The van der Waals surface area contributed by atoms with Crippen molar-refractivity contribution >= 4 is 0 Å². The van der Waals surface area contributed by atoms with Crippen LogP contribution in [0.15, 0.2) is 12.7 Å². The second-order valence-electron chi connectivity index (χ2n) is 3.27. The first-order valence-electron chi connectivity index (χ1n) is 4.49. The summed E-state index contributed by atoms with van der Waals surface area (Å²) in [7, 11) is 0. The van der Waals surface area contributed by atoms with Gasteiger partial charge in [0.15, 0.2) is 0 Å². The van der Waals surface area contributed by atoms with Crippen molar-refractivity contribution in [3.8, 4) is 0 Å². The van der Waals surface area contributed by atoms with E-state index in [0.717, 1.165) is 25.7 Å². The summed E-state index contributed by atoms with van der Waals surface area (Å²) in [5, 5.41) is 9.43. The van der Waals surface area contributed by atoms with Gasteiger partial charge in [-0.1, -0.05) is 26.3 Å². The van der Waals surface area contributed by atoms with Crippen molar-refractivity contribution in [2.75, 3.05) is 0 Å². The minimum absolute atomic E-state index is 0.122. The van der Waals surface area contributed by atoms with Gasteiger partial charge in [-0.15, -0.1) is 6.58 Å². The summed E-state index contributed by atoms with van der Waals surface area (Å²) in [5.41, 5.74) is 0. The molecule has 0 aliphatic carbocycles. The van der Waals surface area contributed by atoms with Crippen LogP contribution in [0.1, 0.15) is 39.5 Å². The van der Waals surface area contributed by atoms with Crippen molar-refractivity contribution in [1.82, 2.24) is 0 Å². The van der Waals surface area contributed by atoms with Crippen molar-refractivity contribution in [2.45, 2.75) is 45.6 Å². The van der Waals surface area contributed by atoms with Gasteiger partial charge in [0.05, 0.1) is 6.10 Å². The van der Waals surface area contributed by atoms with Crippen LogP contribution in [-0.4, -0.2) is 11.2 Å². The van der Waals surface area contributed by atoms with Gasteiger partial charge in [-0.2, -0.15) is 0 Å². The summed E-state index contributed by atoms with van der Waals surface area (Å²) >= 11 is 0. The van der Waals surface area contributed by atoms with Gasteiger partial charge in [0.1, 0.15) is 0 Å². The zero-order valence-corrected chi connectivity index (χ0v) is 7.71. The molecule has 0 radical (unpaired) electrons. The Morgan fingerprint density at radius 1 is 1.55 bits per heavy atom. The topological polar surface area (TPSA) is 20.2 Å². The third kappa shape index (κ3) is 6.11. The molecule has 0 aliphatic heterocycles. The predicted octanol–water partition coefficient (Wildman–Crippen LogP) is 2.75. The molecule has 0 fully saturated rings. The average molecular weight is 156 g/mol. The Kier molecular flexibility index (Phi) is 6.24. The summed E-state index contributed by atoms with van der Waals surface area (Å²) in [6.07, 6.45) is 5.63. The molecule has 0 saturated carbocycles. The Morgan fingerprint density at radius 3 is 2.64 bits per heavy atom. The van der Waals surface area contributed by atoms with Crippen LogP contribution >= 0.6 is 0 Å². The quantitative estimate of drug-likeness (QED) is 0.586. The normalized spacial score (nSPS) is 15.9. The molecule has 0 aliphatic rings. The highest BCUT2D eigenvalue weighted by atomic mass is 16.3. The number of hydrogen-bond donors (Lipinski definition) is 1. The van der Waals surface area contributed by atoms with Gasteiger partial charge >= 0.3 is 0 Å². The third-order valence-corrected chi connectivity index (χ3v) is 2.08. The molecule has 0 aromatic heterocycles. The average Bonchev–Trinajstić information content (AvgIpc) is 2.00. The molecule has 2 unspecified atom stereocenters. The molecule has 66 valence electrons. The van der Waals surface area contributed by atoms with E-state index in [2.05, 4.69) is 20.4 Å². The predicted molar refractivity (Wildman–Crippen MR) is 49.5 cm³/mol. The van der Waals surface area contributed by atoms with Gasteiger partial charge in [-0.3, -0.25) is 0 Å². The largest absolute Gasteiger partial charge is 0.393 e. The number of aliphatic hydroxyl groups excluding tert-OH is 1. The van der Waals surface area contributed by atoms with E-state index in [1.54, 1.807) is 0 Å². The standard InChI is InChI=1S/C10H20O/c1-4-6-7-10(11)8-9(3)5-2/h4,9-11H,1,5-8H2,2-3H3. The van der Waals surface area contributed by atoms with Gasteiger partial charge in [0, 0.05) is 0 Å². The maximum Gasteiger partial charge on any atom is 0.0545 e. The number of allylic oxidation sites excluding steroid dienone is 1. The van der Waals surface area contributed by atoms with E-state index in [1.807, 2.05) is 6.08 Å². The maximum absolute atomic E-state index is 9.43. The fourth-order valence-electron chi connectivity index (χ4n) is 1.06. The first kappa shape index (κ1) is 10.7. The SMILES string of the molecule is C=CCCC(O)CC(C)CC. The van der Waals surface area contributed by atoms with E-state index in [9.17, 15) is 5.11 Å². The molecule has 0 aromatic rings. The van der Waals surface area contributed by atoms with Crippen molar-refractivity contribution in [3.05, 3.63) is 12.7 Å². The Balaban J connectivity index is 3.34. The summed E-state index contributed by atoms with van der Waals surface area (Å²) < 4.78 is 0. The lowest BCUT2D eigenvalue weighted by atomic mass is 9.98. The van der Waals surface area contributed by atoms with E-state index in [1.165, 1.54) is 0 Å². The molecule has 1 N–H and O–H groups in total. The lowest BCUT2D eigenvalue weighted by Gasteiger charge is -2.13. The third-order valence-electron chi connectivity index (χ3n) is 2.08. The van der Waals surface area contributed by atoms with Gasteiger partial charge in [0.2, 0.25) is 0 Å². The summed E-state index contributed by atoms with van der Waals surface area (Å²) in [4.78, 5) is 0. The molecule has 0 heterocycles. The molecular weight excluding hydrogens is 136 g/mol. The Bertz CT molecular complexity index is 99.0. The molecule has 0 aromatic carbocycles. The number of aliphatic hydroxyl groups is 1. The minimum Gasteiger partial charge on any atom is -0.393 e. The number of hydrogen-bond acceptors (Lipinski definition) is 1. The zero-order chi connectivity index (χ0) is 8.69. The fourth-order valence-corrected chi connectivity index (χ4v) is 1.06. The Hall–Kier alpha value is -0.300. The highest BCUT2D eigenvalue weighted by Crippen LogP contribution is 2.12. The molecule has 2 atom stereocenters. The van der Waals surface area contributed by atoms with E-state index < -0.39 is 0 Å².